The van der Waals surface area contributed by atoms with Crippen LogP contribution in [0, 0.1) is 6.92 Å². The Morgan fingerprint density at radius 3 is 2.88 bits per heavy atom. The lowest BCUT2D eigenvalue weighted by atomic mass is 9.94. The fourth-order valence-electron chi connectivity index (χ4n) is 2.30. The minimum absolute atomic E-state index is 0.0438. The summed E-state index contributed by atoms with van der Waals surface area (Å²) in [4.78, 5) is 17.1. The van der Waals surface area contributed by atoms with Crippen LogP contribution in [0.5, 0.6) is 0 Å². The lowest BCUT2D eigenvalue weighted by Gasteiger charge is -2.22. The highest BCUT2D eigenvalue weighted by atomic mass is 32.1. The lowest BCUT2D eigenvalue weighted by Crippen LogP contribution is -2.41. The van der Waals surface area contributed by atoms with Gasteiger partial charge >= 0.3 is 0 Å². The van der Waals surface area contributed by atoms with Crippen molar-refractivity contribution in [2.75, 3.05) is 0 Å². The Balaban J connectivity index is 1.77. The second-order valence-electron chi connectivity index (χ2n) is 4.89. The van der Waals surface area contributed by atoms with Crippen molar-refractivity contribution < 1.29 is 4.79 Å². The highest BCUT2D eigenvalue weighted by Gasteiger charge is 2.31. The summed E-state index contributed by atoms with van der Waals surface area (Å²) >= 11 is 1.61. The first-order valence-electron chi connectivity index (χ1n) is 6.04. The van der Waals surface area contributed by atoms with E-state index < -0.39 is 0 Å². The van der Waals surface area contributed by atoms with E-state index >= 15 is 0 Å². The van der Waals surface area contributed by atoms with Gasteiger partial charge in [-0.15, -0.1) is 11.3 Å². The molecule has 1 aromatic heterocycles. The number of hydrogen-bond donors (Lipinski definition) is 2. The zero-order valence-corrected chi connectivity index (χ0v) is 11.0. The van der Waals surface area contributed by atoms with Gasteiger partial charge in [-0.3, -0.25) is 4.79 Å². The Morgan fingerprint density at radius 1 is 1.59 bits per heavy atom. The summed E-state index contributed by atoms with van der Waals surface area (Å²) in [6, 6.07) is 0. The topological polar surface area (TPSA) is 68.0 Å². The Kier molecular flexibility index (Phi) is 3.79. The van der Waals surface area contributed by atoms with E-state index in [1.165, 1.54) is 4.88 Å². The van der Waals surface area contributed by atoms with Gasteiger partial charge in [-0.25, -0.2) is 4.98 Å². The average molecular weight is 253 g/mol. The van der Waals surface area contributed by atoms with E-state index in [0.717, 1.165) is 30.7 Å². The maximum atomic E-state index is 11.8. The van der Waals surface area contributed by atoms with Crippen molar-refractivity contribution in [1.29, 1.82) is 0 Å². The summed E-state index contributed by atoms with van der Waals surface area (Å²) in [6.07, 6.45) is 6.50. The molecule has 1 aliphatic rings. The minimum atomic E-state index is -0.261. The van der Waals surface area contributed by atoms with Gasteiger partial charge in [-0.2, -0.15) is 0 Å². The van der Waals surface area contributed by atoms with Crippen LogP contribution in [0.1, 0.15) is 42.0 Å². The Hall–Kier alpha value is -0.940. The molecule has 0 spiro atoms. The first-order chi connectivity index (χ1) is 8.07. The smallest absolute Gasteiger partial charge is 0.222 e. The van der Waals surface area contributed by atoms with Crippen LogP contribution in [-0.4, -0.2) is 16.4 Å². The quantitative estimate of drug-likeness (QED) is 0.858. The molecule has 0 aromatic carbocycles. The van der Waals surface area contributed by atoms with E-state index in [4.69, 9.17) is 5.73 Å². The molecular formula is C12H19N3OS. The highest BCUT2D eigenvalue weighted by Crippen LogP contribution is 2.29. The number of thiazole rings is 1. The van der Waals surface area contributed by atoms with Gasteiger partial charge in [0, 0.05) is 23.0 Å². The molecule has 1 aliphatic carbocycles. The third kappa shape index (κ3) is 3.51. The van der Waals surface area contributed by atoms with Crippen molar-refractivity contribution in [3.8, 4) is 0 Å². The normalized spacial score (nSPS) is 18.2. The second kappa shape index (κ2) is 5.14. The molecule has 0 atom stereocenters. The second-order valence-corrected chi connectivity index (χ2v) is 6.21. The largest absolute Gasteiger partial charge is 0.350 e. The number of aryl methyl sites for hydroxylation is 1. The summed E-state index contributed by atoms with van der Waals surface area (Å²) in [5.74, 6) is 0.0438. The van der Waals surface area contributed by atoms with Crippen molar-refractivity contribution in [2.45, 2.75) is 51.1 Å². The van der Waals surface area contributed by atoms with Crippen LogP contribution in [0.4, 0.5) is 0 Å². The molecule has 1 fully saturated rings. The van der Waals surface area contributed by atoms with Gasteiger partial charge in [0.25, 0.3) is 0 Å². The molecule has 1 aromatic rings. The van der Waals surface area contributed by atoms with E-state index in [1.807, 2.05) is 13.1 Å². The highest BCUT2D eigenvalue weighted by molar-refractivity contribution is 7.11. The molecule has 1 amide bonds. The zero-order valence-electron chi connectivity index (χ0n) is 10.2. The molecule has 94 valence electrons. The van der Waals surface area contributed by atoms with Gasteiger partial charge in [0.15, 0.2) is 0 Å². The van der Waals surface area contributed by atoms with Crippen LogP contribution in [-0.2, 0) is 11.3 Å². The SMILES string of the molecule is Cc1cnc(CNC(=O)CC2(N)CCCC2)s1. The molecule has 2 rings (SSSR count). The molecule has 17 heavy (non-hydrogen) atoms. The first-order valence-corrected chi connectivity index (χ1v) is 6.86. The minimum Gasteiger partial charge on any atom is -0.350 e. The van der Waals surface area contributed by atoms with Crippen LogP contribution in [0.25, 0.3) is 0 Å². The predicted molar refractivity (Wildman–Crippen MR) is 68.7 cm³/mol. The molecule has 1 saturated carbocycles. The number of rotatable bonds is 4. The average Bonchev–Trinajstić information content (AvgIpc) is 2.85. The number of carbonyl (C=O) groups is 1. The summed E-state index contributed by atoms with van der Waals surface area (Å²) < 4.78 is 0. The van der Waals surface area contributed by atoms with Crippen molar-refractivity contribution in [3.05, 3.63) is 16.1 Å². The maximum Gasteiger partial charge on any atom is 0.222 e. The van der Waals surface area contributed by atoms with E-state index in [2.05, 4.69) is 10.3 Å². The Morgan fingerprint density at radius 2 is 2.29 bits per heavy atom. The number of nitrogens with one attached hydrogen (secondary N) is 1. The van der Waals surface area contributed by atoms with Crippen LogP contribution in [0.15, 0.2) is 6.20 Å². The Bertz CT molecular complexity index is 396. The zero-order chi connectivity index (χ0) is 12.3. The fraction of sp³-hybridized carbons (Fsp3) is 0.667. The molecule has 0 bridgehead atoms. The number of nitrogens with zero attached hydrogens (tertiary/aromatic N) is 1. The van der Waals surface area contributed by atoms with Gasteiger partial charge in [0.2, 0.25) is 5.91 Å². The summed E-state index contributed by atoms with van der Waals surface area (Å²) in [6.45, 7) is 2.53. The van der Waals surface area contributed by atoms with Gasteiger partial charge in [-0.1, -0.05) is 12.8 Å². The number of hydrogen-bond acceptors (Lipinski definition) is 4. The third-order valence-corrected chi connectivity index (χ3v) is 4.13. The molecule has 0 saturated heterocycles. The molecular weight excluding hydrogens is 234 g/mol. The number of amides is 1. The first kappa shape index (κ1) is 12.5. The molecule has 5 heteroatoms. The maximum absolute atomic E-state index is 11.8. The van der Waals surface area contributed by atoms with E-state index in [0.29, 0.717) is 13.0 Å². The van der Waals surface area contributed by atoms with Crippen molar-refractivity contribution in [2.24, 2.45) is 5.73 Å². The monoisotopic (exact) mass is 253 g/mol. The van der Waals surface area contributed by atoms with Gasteiger partial charge in [-0.05, 0) is 19.8 Å². The summed E-state index contributed by atoms with van der Waals surface area (Å²) in [7, 11) is 0. The number of aromatic nitrogens is 1. The van der Waals surface area contributed by atoms with Crippen LogP contribution < -0.4 is 11.1 Å². The van der Waals surface area contributed by atoms with E-state index in [9.17, 15) is 4.79 Å². The standard InChI is InChI=1S/C12H19N3OS/c1-9-7-15-11(17-9)8-14-10(16)6-12(13)4-2-3-5-12/h7H,2-6,8,13H2,1H3,(H,14,16). The third-order valence-electron chi connectivity index (χ3n) is 3.22. The van der Waals surface area contributed by atoms with Gasteiger partial charge in [0.1, 0.15) is 5.01 Å². The molecule has 0 aliphatic heterocycles. The van der Waals surface area contributed by atoms with Gasteiger partial charge < -0.3 is 11.1 Å². The summed E-state index contributed by atoms with van der Waals surface area (Å²) in [5, 5.41) is 3.85. The van der Waals surface area contributed by atoms with Crippen LogP contribution >= 0.6 is 11.3 Å². The van der Waals surface area contributed by atoms with E-state index in [-0.39, 0.29) is 11.4 Å². The lowest BCUT2D eigenvalue weighted by molar-refractivity contribution is -0.122. The Labute approximate surface area is 106 Å². The van der Waals surface area contributed by atoms with Crippen LogP contribution in [0.2, 0.25) is 0 Å². The molecule has 0 unspecified atom stereocenters. The number of carbonyl (C=O) groups excluding carboxylic acids is 1. The number of nitrogens with two attached hydrogens (primary N) is 1. The molecule has 1 heterocycles. The predicted octanol–water partition coefficient (Wildman–Crippen LogP) is 1.73. The molecule has 3 N–H and O–H groups in total. The van der Waals surface area contributed by atoms with Gasteiger partial charge in [0.05, 0.1) is 6.54 Å². The summed E-state index contributed by atoms with van der Waals surface area (Å²) in [5.41, 5.74) is 5.90. The fourth-order valence-corrected chi connectivity index (χ4v) is 3.02. The molecule has 4 nitrogen and oxygen atoms in total. The van der Waals surface area contributed by atoms with Crippen molar-refractivity contribution in [3.63, 3.8) is 0 Å². The van der Waals surface area contributed by atoms with Crippen LogP contribution in [0.3, 0.4) is 0 Å². The van der Waals surface area contributed by atoms with Crippen molar-refractivity contribution in [1.82, 2.24) is 10.3 Å². The van der Waals surface area contributed by atoms with E-state index in [1.54, 1.807) is 11.3 Å². The molecule has 0 radical (unpaired) electrons. The van der Waals surface area contributed by atoms with Crippen molar-refractivity contribution >= 4 is 17.2 Å².